The zero-order chi connectivity index (χ0) is 18.7. The third-order valence-corrected chi connectivity index (χ3v) is 5.77. The van der Waals surface area contributed by atoms with E-state index in [9.17, 15) is 0 Å². The standard InChI is InChI=1S/C21H32N6/c1-3-5-7-19(23-16-11-21(12-16)13-22-14-21)24-18(6-4-2)25-20-10-17(26-27-20)15-8-9-15/h4,6-7,10,15-16,22-23H,3,5,8-9,11-14H2,1-2H3,(H2,24,25,26,27)/b6-4-,19-7+. The van der Waals surface area contributed by atoms with Crippen molar-refractivity contribution in [1.29, 1.82) is 0 Å². The lowest BCUT2D eigenvalue weighted by Gasteiger charge is -2.54. The zero-order valence-corrected chi connectivity index (χ0v) is 16.5. The summed E-state index contributed by atoms with van der Waals surface area (Å²) in [7, 11) is 0. The minimum Gasteiger partial charge on any atom is -0.367 e. The van der Waals surface area contributed by atoms with Crippen LogP contribution in [-0.2, 0) is 0 Å². The van der Waals surface area contributed by atoms with Crippen LogP contribution in [0.15, 0.2) is 35.1 Å². The molecule has 2 heterocycles. The number of hydrogen-bond donors (Lipinski definition) is 4. The number of allylic oxidation sites excluding steroid dienone is 2. The molecular weight excluding hydrogens is 336 g/mol. The van der Waals surface area contributed by atoms with Crippen molar-refractivity contribution in [3.05, 3.63) is 35.8 Å². The lowest BCUT2D eigenvalue weighted by atomic mass is 9.62. The van der Waals surface area contributed by atoms with Gasteiger partial charge in [-0.05, 0) is 56.6 Å². The van der Waals surface area contributed by atoms with E-state index in [-0.39, 0.29) is 0 Å². The van der Waals surface area contributed by atoms with Crippen molar-refractivity contribution in [3.63, 3.8) is 0 Å². The Morgan fingerprint density at radius 3 is 2.81 bits per heavy atom. The third kappa shape index (κ3) is 4.43. The van der Waals surface area contributed by atoms with Crippen LogP contribution in [0, 0.1) is 5.41 Å². The predicted molar refractivity (Wildman–Crippen MR) is 111 cm³/mol. The van der Waals surface area contributed by atoms with Crippen LogP contribution in [-0.4, -0.2) is 35.2 Å². The summed E-state index contributed by atoms with van der Waals surface area (Å²) in [4.78, 5) is 4.88. The normalized spacial score (nSPS) is 22.7. The lowest BCUT2D eigenvalue weighted by Crippen LogP contribution is -2.64. The Labute approximate surface area is 162 Å². The highest BCUT2D eigenvalue weighted by Gasteiger charge is 2.48. The molecule has 1 aliphatic heterocycles. The van der Waals surface area contributed by atoms with Gasteiger partial charge in [0.05, 0.1) is 0 Å². The molecule has 4 rings (SSSR count). The molecule has 1 aromatic heterocycles. The Morgan fingerprint density at radius 2 is 2.19 bits per heavy atom. The summed E-state index contributed by atoms with van der Waals surface area (Å²) < 4.78 is 0. The number of anilines is 1. The topological polar surface area (TPSA) is 77.1 Å². The maximum atomic E-state index is 4.88. The number of aliphatic imine (C=N–C) groups is 1. The molecule has 0 radical (unpaired) electrons. The van der Waals surface area contributed by atoms with Crippen LogP contribution < -0.4 is 16.0 Å². The van der Waals surface area contributed by atoms with Crippen LogP contribution in [0.4, 0.5) is 5.82 Å². The summed E-state index contributed by atoms with van der Waals surface area (Å²) in [6.07, 6.45) is 13.4. The van der Waals surface area contributed by atoms with E-state index < -0.39 is 0 Å². The van der Waals surface area contributed by atoms with E-state index in [1.54, 1.807) is 0 Å². The van der Waals surface area contributed by atoms with Gasteiger partial charge in [0, 0.05) is 36.8 Å². The molecule has 6 heteroatoms. The maximum absolute atomic E-state index is 4.88. The molecule has 3 aliphatic rings. The van der Waals surface area contributed by atoms with Crippen LogP contribution in [0.1, 0.15) is 64.0 Å². The number of unbranched alkanes of at least 4 members (excludes halogenated alkanes) is 1. The highest BCUT2D eigenvalue weighted by atomic mass is 15.2. The van der Waals surface area contributed by atoms with E-state index in [0.29, 0.717) is 17.4 Å². The van der Waals surface area contributed by atoms with Crippen LogP contribution in [0.5, 0.6) is 0 Å². The summed E-state index contributed by atoms with van der Waals surface area (Å²) in [6.45, 7) is 6.57. The molecule has 0 aromatic carbocycles. The van der Waals surface area contributed by atoms with Crippen LogP contribution in [0.3, 0.4) is 0 Å². The fourth-order valence-electron chi connectivity index (χ4n) is 4.01. The van der Waals surface area contributed by atoms with E-state index in [0.717, 1.165) is 30.3 Å². The monoisotopic (exact) mass is 368 g/mol. The van der Waals surface area contributed by atoms with E-state index in [2.05, 4.69) is 45.2 Å². The van der Waals surface area contributed by atoms with Gasteiger partial charge >= 0.3 is 0 Å². The average molecular weight is 369 g/mol. The number of rotatable bonds is 8. The Balaban J connectivity index is 1.42. The van der Waals surface area contributed by atoms with Crippen LogP contribution in [0.25, 0.3) is 0 Å². The van der Waals surface area contributed by atoms with E-state index >= 15 is 0 Å². The summed E-state index contributed by atoms with van der Waals surface area (Å²) in [5.74, 6) is 3.30. The molecule has 146 valence electrons. The molecule has 27 heavy (non-hydrogen) atoms. The maximum Gasteiger partial charge on any atom is 0.153 e. The van der Waals surface area contributed by atoms with Crippen molar-refractivity contribution in [3.8, 4) is 0 Å². The van der Waals surface area contributed by atoms with Gasteiger partial charge < -0.3 is 16.0 Å². The van der Waals surface area contributed by atoms with Crippen molar-refractivity contribution in [1.82, 2.24) is 20.8 Å². The van der Waals surface area contributed by atoms with Gasteiger partial charge in [-0.25, -0.2) is 4.99 Å². The fraction of sp³-hybridized carbons (Fsp3) is 0.619. The highest BCUT2D eigenvalue weighted by molar-refractivity contribution is 6.03. The van der Waals surface area contributed by atoms with E-state index in [1.165, 1.54) is 44.5 Å². The average Bonchev–Trinajstić information content (AvgIpc) is 3.33. The van der Waals surface area contributed by atoms with Crippen molar-refractivity contribution in [2.45, 2.75) is 64.3 Å². The minimum absolute atomic E-state index is 0.540. The van der Waals surface area contributed by atoms with E-state index in [1.807, 2.05) is 19.1 Å². The lowest BCUT2D eigenvalue weighted by molar-refractivity contribution is 0.0276. The van der Waals surface area contributed by atoms with E-state index in [4.69, 9.17) is 4.99 Å². The number of H-pyrrole nitrogens is 1. The third-order valence-electron chi connectivity index (χ3n) is 5.77. The molecule has 0 amide bonds. The predicted octanol–water partition coefficient (Wildman–Crippen LogP) is 3.66. The van der Waals surface area contributed by atoms with Crippen LogP contribution >= 0.6 is 0 Å². The number of aromatic amines is 1. The Kier molecular flexibility index (Phi) is 5.34. The van der Waals surface area contributed by atoms with Gasteiger partial charge in [0.2, 0.25) is 0 Å². The van der Waals surface area contributed by atoms with Gasteiger partial charge in [-0.1, -0.05) is 19.4 Å². The number of nitrogens with one attached hydrogen (secondary N) is 4. The summed E-state index contributed by atoms with van der Waals surface area (Å²) in [6, 6.07) is 2.65. The quantitative estimate of drug-likeness (QED) is 0.417. The first-order valence-electron chi connectivity index (χ1n) is 10.4. The second kappa shape index (κ2) is 7.89. The summed E-state index contributed by atoms with van der Waals surface area (Å²) in [5.41, 5.74) is 1.79. The second-order valence-corrected chi connectivity index (χ2v) is 8.34. The number of aromatic nitrogens is 2. The van der Waals surface area contributed by atoms with Gasteiger partial charge in [-0.15, -0.1) is 0 Å². The molecule has 6 nitrogen and oxygen atoms in total. The number of hydrogen-bond acceptors (Lipinski definition) is 4. The van der Waals surface area contributed by atoms with Gasteiger partial charge in [-0.2, -0.15) is 5.10 Å². The fourth-order valence-corrected chi connectivity index (χ4v) is 4.01. The number of amidine groups is 1. The molecular formula is C21H32N6. The van der Waals surface area contributed by atoms with Gasteiger partial charge in [0.15, 0.2) is 5.82 Å². The largest absolute Gasteiger partial charge is 0.367 e. The minimum atomic E-state index is 0.540. The highest BCUT2D eigenvalue weighted by Crippen LogP contribution is 2.44. The van der Waals surface area contributed by atoms with Gasteiger partial charge in [0.25, 0.3) is 0 Å². The van der Waals surface area contributed by atoms with Gasteiger partial charge in [0.1, 0.15) is 11.7 Å². The molecule has 0 bridgehead atoms. The molecule has 0 atom stereocenters. The molecule has 1 aromatic rings. The van der Waals surface area contributed by atoms with Crippen LogP contribution in [0.2, 0.25) is 0 Å². The van der Waals surface area contributed by atoms with Gasteiger partial charge in [-0.3, -0.25) is 5.10 Å². The zero-order valence-electron chi connectivity index (χ0n) is 16.5. The first kappa shape index (κ1) is 18.3. The van der Waals surface area contributed by atoms with Crippen molar-refractivity contribution >= 4 is 11.7 Å². The first-order valence-corrected chi connectivity index (χ1v) is 10.4. The Hall–Kier alpha value is -2.08. The second-order valence-electron chi connectivity index (χ2n) is 8.34. The SMILES string of the molecule is C\C=C/C(=N\C(=C\CCC)NC1CC2(CNC2)C1)Nc1cc(C2CC2)[nH]n1. The van der Waals surface area contributed by atoms with Crippen molar-refractivity contribution < 1.29 is 0 Å². The first-order chi connectivity index (χ1) is 13.2. The molecule has 2 saturated carbocycles. The summed E-state index contributed by atoms with van der Waals surface area (Å²) >= 11 is 0. The summed E-state index contributed by atoms with van der Waals surface area (Å²) in [5, 5.41) is 18.0. The van der Waals surface area contributed by atoms with Crippen molar-refractivity contribution in [2.75, 3.05) is 18.4 Å². The molecule has 4 N–H and O–H groups in total. The molecule has 1 spiro atoms. The molecule has 0 unspecified atom stereocenters. The Bertz CT molecular complexity index is 728. The smallest absolute Gasteiger partial charge is 0.153 e. The van der Waals surface area contributed by atoms with Crippen molar-refractivity contribution in [2.24, 2.45) is 10.4 Å². The molecule has 3 fully saturated rings. The number of nitrogens with zero attached hydrogens (tertiary/aromatic N) is 2. The molecule has 2 aliphatic carbocycles. The Morgan fingerprint density at radius 1 is 1.37 bits per heavy atom. The molecule has 1 saturated heterocycles.